The Balaban J connectivity index is 1.87. The van der Waals surface area contributed by atoms with E-state index in [1.165, 1.54) is 11.8 Å². The molecule has 1 heterocycles. The summed E-state index contributed by atoms with van der Waals surface area (Å²) in [5.41, 5.74) is 2.10. The lowest BCUT2D eigenvalue weighted by Crippen LogP contribution is -2.31. The second-order valence-corrected chi connectivity index (χ2v) is 7.78. The normalized spacial score (nSPS) is 15.0. The number of anilines is 1. The monoisotopic (exact) mass is 400 g/mol. The smallest absolute Gasteiger partial charge is 0.264 e. The first kappa shape index (κ1) is 19.5. The van der Waals surface area contributed by atoms with Crippen molar-refractivity contribution < 1.29 is 9.59 Å². The summed E-state index contributed by atoms with van der Waals surface area (Å²) in [6.45, 7) is 2.73. The molecular formula is C21H21ClN2O2S. The third kappa shape index (κ3) is 4.37. The van der Waals surface area contributed by atoms with E-state index in [4.69, 9.17) is 11.6 Å². The zero-order valence-electron chi connectivity index (χ0n) is 15.3. The first-order valence-corrected chi connectivity index (χ1v) is 10.0. The highest BCUT2D eigenvalue weighted by Crippen LogP contribution is 2.42. The molecule has 4 nitrogen and oxygen atoms in total. The topological polar surface area (TPSA) is 49.4 Å². The van der Waals surface area contributed by atoms with E-state index >= 15 is 0 Å². The number of hydrogen-bond donors (Lipinski definition) is 1. The predicted molar refractivity (Wildman–Crippen MR) is 112 cm³/mol. The molecule has 6 heteroatoms. The van der Waals surface area contributed by atoms with E-state index in [1.54, 1.807) is 36.2 Å². The van der Waals surface area contributed by atoms with E-state index in [9.17, 15) is 9.59 Å². The van der Waals surface area contributed by atoms with Crippen LogP contribution in [0.1, 0.15) is 35.7 Å². The number of benzene rings is 2. The fourth-order valence-corrected chi connectivity index (χ4v) is 4.02. The zero-order chi connectivity index (χ0) is 19.4. The van der Waals surface area contributed by atoms with Crippen LogP contribution >= 0.6 is 23.4 Å². The summed E-state index contributed by atoms with van der Waals surface area (Å²) in [7, 11) is 1.72. The standard InChI is InChI=1S/C21H21ClN2O2S/c1-3-4-11-23-20(25)15-9-10-18-17(12-15)24(2)21(26)19(27-18)13-14-7-5-6-8-16(14)22/h5-10,12-13H,3-4,11H2,1-2H3,(H,23,25). The number of halogens is 1. The quantitative estimate of drug-likeness (QED) is 0.568. The summed E-state index contributed by atoms with van der Waals surface area (Å²) < 4.78 is 0. The Morgan fingerprint density at radius 3 is 2.78 bits per heavy atom. The summed E-state index contributed by atoms with van der Waals surface area (Å²) >= 11 is 7.61. The Labute approximate surface area is 168 Å². The number of fused-ring (bicyclic) bond motifs is 1. The number of rotatable bonds is 5. The fourth-order valence-electron chi connectivity index (χ4n) is 2.75. The number of likely N-dealkylation sites (N-methyl/N-ethyl adjacent to an activating group) is 1. The lowest BCUT2D eigenvalue weighted by Gasteiger charge is -2.27. The molecule has 140 valence electrons. The van der Waals surface area contributed by atoms with Crippen LogP contribution < -0.4 is 10.2 Å². The van der Waals surface area contributed by atoms with Gasteiger partial charge in [0.25, 0.3) is 11.8 Å². The van der Waals surface area contributed by atoms with Crippen molar-refractivity contribution in [2.24, 2.45) is 0 Å². The van der Waals surface area contributed by atoms with E-state index in [0.717, 1.165) is 29.0 Å². The molecule has 0 fully saturated rings. The average Bonchev–Trinajstić information content (AvgIpc) is 2.67. The number of hydrogen-bond acceptors (Lipinski definition) is 3. The molecule has 3 rings (SSSR count). The van der Waals surface area contributed by atoms with Gasteiger partial charge < -0.3 is 10.2 Å². The Morgan fingerprint density at radius 2 is 2.04 bits per heavy atom. The van der Waals surface area contributed by atoms with Gasteiger partial charge in [0, 0.05) is 29.1 Å². The molecule has 0 spiro atoms. The number of nitrogens with zero attached hydrogens (tertiary/aromatic N) is 1. The van der Waals surface area contributed by atoms with Crippen LogP contribution in [0.4, 0.5) is 5.69 Å². The van der Waals surface area contributed by atoms with Crippen molar-refractivity contribution in [2.45, 2.75) is 24.7 Å². The second kappa shape index (κ2) is 8.63. The van der Waals surface area contributed by atoms with Gasteiger partial charge in [0.05, 0.1) is 10.6 Å². The molecule has 0 radical (unpaired) electrons. The van der Waals surface area contributed by atoms with Gasteiger partial charge >= 0.3 is 0 Å². The number of nitrogens with one attached hydrogen (secondary N) is 1. The minimum atomic E-state index is -0.116. The average molecular weight is 401 g/mol. The molecule has 0 saturated heterocycles. The lowest BCUT2D eigenvalue weighted by molar-refractivity contribution is -0.114. The van der Waals surface area contributed by atoms with Crippen LogP contribution in [0.25, 0.3) is 6.08 Å². The van der Waals surface area contributed by atoms with Crippen LogP contribution in [0.2, 0.25) is 5.02 Å². The van der Waals surface area contributed by atoms with Gasteiger partial charge in [0.1, 0.15) is 0 Å². The summed E-state index contributed by atoms with van der Waals surface area (Å²) in [6.07, 6.45) is 3.78. The summed E-state index contributed by atoms with van der Waals surface area (Å²) in [5, 5.41) is 3.51. The minimum Gasteiger partial charge on any atom is -0.352 e. The molecule has 1 aliphatic heterocycles. The highest BCUT2D eigenvalue weighted by molar-refractivity contribution is 8.04. The Bertz CT molecular complexity index is 911. The van der Waals surface area contributed by atoms with Crippen LogP contribution in [-0.4, -0.2) is 25.4 Å². The summed E-state index contributed by atoms with van der Waals surface area (Å²) in [6, 6.07) is 12.9. The van der Waals surface area contributed by atoms with Crippen LogP contribution in [0.3, 0.4) is 0 Å². The van der Waals surface area contributed by atoms with Crippen LogP contribution in [0.5, 0.6) is 0 Å². The van der Waals surface area contributed by atoms with Crippen molar-refractivity contribution in [2.75, 3.05) is 18.5 Å². The maximum absolute atomic E-state index is 12.8. The van der Waals surface area contributed by atoms with Gasteiger partial charge in [-0.3, -0.25) is 9.59 Å². The molecule has 2 aromatic carbocycles. The first-order chi connectivity index (χ1) is 13.0. The lowest BCUT2D eigenvalue weighted by atomic mass is 10.1. The van der Waals surface area contributed by atoms with Crippen molar-refractivity contribution in [3.05, 3.63) is 63.5 Å². The predicted octanol–water partition coefficient (Wildman–Crippen LogP) is 4.98. The molecule has 0 bridgehead atoms. The Hall–Kier alpha value is -2.24. The van der Waals surface area contributed by atoms with Crippen molar-refractivity contribution in [1.82, 2.24) is 5.32 Å². The van der Waals surface area contributed by atoms with Gasteiger partial charge in [-0.05, 0) is 42.3 Å². The molecule has 0 aliphatic carbocycles. The van der Waals surface area contributed by atoms with Crippen molar-refractivity contribution in [3.63, 3.8) is 0 Å². The van der Waals surface area contributed by atoms with E-state index < -0.39 is 0 Å². The number of carbonyl (C=O) groups is 2. The first-order valence-electron chi connectivity index (χ1n) is 8.85. The van der Waals surface area contributed by atoms with Gasteiger partial charge in [0.15, 0.2) is 0 Å². The molecule has 27 heavy (non-hydrogen) atoms. The number of amides is 2. The Morgan fingerprint density at radius 1 is 1.26 bits per heavy atom. The largest absolute Gasteiger partial charge is 0.352 e. The second-order valence-electron chi connectivity index (χ2n) is 6.29. The van der Waals surface area contributed by atoms with Crippen molar-refractivity contribution >= 4 is 46.9 Å². The van der Waals surface area contributed by atoms with E-state index in [2.05, 4.69) is 12.2 Å². The third-order valence-electron chi connectivity index (χ3n) is 4.33. The highest BCUT2D eigenvalue weighted by atomic mass is 35.5. The number of unbranched alkanes of at least 4 members (excludes halogenated alkanes) is 1. The number of carbonyl (C=O) groups excluding carboxylic acids is 2. The number of thioether (sulfide) groups is 1. The van der Waals surface area contributed by atoms with Gasteiger partial charge in [0.2, 0.25) is 0 Å². The molecule has 0 atom stereocenters. The van der Waals surface area contributed by atoms with Gasteiger partial charge in [-0.25, -0.2) is 0 Å². The van der Waals surface area contributed by atoms with Gasteiger partial charge in [-0.15, -0.1) is 0 Å². The molecule has 0 unspecified atom stereocenters. The molecule has 2 amide bonds. The van der Waals surface area contributed by atoms with E-state index in [1.807, 2.05) is 24.3 Å². The van der Waals surface area contributed by atoms with Crippen molar-refractivity contribution in [3.8, 4) is 0 Å². The maximum Gasteiger partial charge on any atom is 0.264 e. The highest BCUT2D eigenvalue weighted by Gasteiger charge is 2.27. The van der Waals surface area contributed by atoms with E-state index in [-0.39, 0.29) is 11.8 Å². The molecule has 1 aliphatic rings. The fraction of sp³-hybridized carbons (Fsp3) is 0.238. The maximum atomic E-state index is 12.8. The third-order valence-corrected chi connectivity index (χ3v) is 5.75. The van der Waals surface area contributed by atoms with E-state index in [0.29, 0.717) is 22.0 Å². The summed E-state index contributed by atoms with van der Waals surface area (Å²) in [4.78, 5) is 28.2. The zero-order valence-corrected chi connectivity index (χ0v) is 16.9. The minimum absolute atomic E-state index is 0.115. The van der Waals surface area contributed by atoms with Gasteiger partial charge in [-0.1, -0.05) is 54.9 Å². The molecule has 0 aromatic heterocycles. The van der Waals surface area contributed by atoms with Crippen LogP contribution in [0.15, 0.2) is 52.3 Å². The molecule has 2 aromatic rings. The van der Waals surface area contributed by atoms with Crippen LogP contribution in [-0.2, 0) is 4.79 Å². The van der Waals surface area contributed by atoms with Gasteiger partial charge in [-0.2, -0.15) is 0 Å². The molecule has 1 N–H and O–H groups in total. The van der Waals surface area contributed by atoms with Crippen LogP contribution in [0, 0.1) is 0 Å². The van der Waals surface area contributed by atoms with Crippen molar-refractivity contribution in [1.29, 1.82) is 0 Å². The SMILES string of the molecule is CCCCNC(=O)c1ccc2c(c1)N(C)C(=O)C(=Cc1ccccc1Cl)S2. The Kier molecular flexibility index (Phi) is 6.24. The summed E-state index contributed by atoms with van der Waals surface area (Å²) in [5.74, 6) is -0.231. The molecule has 0 saturated carbocycles. The molecular weight excluding hydrogens is 380 g/mol.